The fraction of sp³-hybridized carbons (Fsp3) is 0.286. The Balaban J connectivity index is 0.00000180. The van der Waals surface area contributed by atoms with E-state index in [0.717, 1.165) is 17.4 Å². The molecule has 0 bridgehead atoms. The van der Waals surface area contributed by atoms with Gasteiger partial charge in [-0.2, -0.15) is 0 Å². The van der Waals surface area contributed by atoms with Crippen molar-refractivity contribution in [2.45, 2.75) is 31.6 Å². The fourth-order valence-electron chi connectivity index (χ4n) is 2.40. The summed E-state index contributed by atoms with van der Waals surface area (Å²) < 4.78 is 34.6. The van der Waals surface area contributed by atoms with Crippen LogP contribution in [-0.4, -0.2) is 13.0 Å². The van der Waals surface area contributed by atoms with Gasteiger partial charge in [-0.05, 0) is 34.7 Å². The number of hydrogen-bond acceptors (Lipinski definition) is 3. The number of fused-ring (bicyclic) bond motifs is 1. The SMILES string of the molecule is CCc1cc2ccccc2c(S(=O)(=O)[O-])c1CC.[Na+]. The zero-order valence-electron chi connectivity index (χ0n) is 11.4. The van der Waals surface area contributed by atoms with Crippen molar-refractivity contribution in [2.24, 2.45) is 0 Å². The molecule has 0 saturated carbocycles. The van der Waals surface area contributed by atoms with Crippen LogP contribution in [0.5, 0.6) is 0 Å². The summed E-state index contributed by atoms with van der Waals surface area (Å²) >= 11 is 0. The molecule has 0 fully saturated rings. The molecule has 0 N–H and O–H groups in total. The van der Waals surface area contributed by atoms with Crippen molar-refractivity contribution in [3.05, 3.63) is 41.5 Å². The van der Waals surface area contributed by atoms with Crippen LogP contribution >= 0.6 is 0 Å². The molecule has 3 nitrogen and oxygen atoms in total. The van der Waals surface area contributed by atoms with Gasteiger partial charge in [-0.1, -0.05) is 44.2 Å². The number of hydrogen-bond donors (Lipinski definition) is 0. The van der Waals surface area contributed by atoms with Crippen LogP contribution in [0, 0.1) is 0 Å². The van der Waals surface area contributed by atoms with Crippen LogP contribution in [0.4, 0.5) is 0 Å². The Morgan fingerprint density at radius 1 is 1.11 bits per heavy atom. The Morgan fingerprint density at radius 2 is 1.74 bits per heavy atom. The molecule has 19 heavy (non-hydrogen) atoms. The summed E-state index contributed by atoms with van der Waals surface area (Å²) in [5.74, 6) is 0. The molecule has 0 radical (unpaired) electrons. The van der Waals surface area contributed by atoms with Crippen molar-refractivity contribution in [3.8, 4) is 0 Å². The summed E-state index contributed by atoms with van der Waals surface area (Å²) in [6.45, 7) is 3.84. The zero-order valence-corrected chi connectivity index (χ0v) is 14.3. The molecule has 0 aliphatic carbocycles. The average molecular weight is 286 g/mol. The number of aryl methyl sites for hydroxylation is 1. The van der Waals surface area contributed by atoms with Gasteiger partial charge >= 0.3 is 29.6 Å². The van der Waals surface area contributed by atoms with Crippen molar-refractivity contribution in [2.75, 3.05) is 0 Å². The van der Waals surface area contributed by atoms with Gasteiger partial charge in [-0.15, -0.1) is 0 Å². The van der Waals surface area contributed by atoms with E-state index >= 15 is 0 Å². The molecule has 0 unspecified atom stereocenters. The second-order valence-corrected chi connectivity index (χ2v) is 5.54. The molecule has 0 heterocycles. The van der Waals surface area contributed by atoms with E-state index in [1.165, 1.54) is 0 Å². The van der Waals surface area contributed by atoms with Gasteiger partial charge in [0, 0.05) is 0 Å². The molecule has 0 atom stereocenters. The molecule has 96 valence electrons. The van der Waals surface area contributed by atoms with Crippen LogP contribution < -0.4 is 29.6 Å². The first kappa shape index (κ1) is 16.7. The monoisotopic (exact) mass is 286 g/mol. The molecule has 5 heteroatoms. The Hall–Kier alpha value is -0.390. The number of rotatable bonds is 3. The topological polar surface area (TPSA) is 57.2 Å². The van der Waals surface area contributed by atoms with Gasteiger partial charge in [0.15, 0.2) is 0 Å². The molecular weight excluding hydrogens is 271 g/mol. The number of benzene rings is 2. The third-order valence-electron chi connectivity index (χ3n) is 3.18. The Morgan fingerprint density at radius 3 is 2.26 bits per heavy atom. The maximum Gasteiger partial charge on any atom is 1.00 e. The van der Waals surface area contributed by atoms with E-state index in [0.29, 0.717) is 17.4 Å². The minimum absolute atomic E-state index is 0. The van der Waals surface area contributed by atoms with Gasteiger partial charge in [0.25, 0.3) is 0 Å². The maximum absolute atomic E-state index is 11.5. The first-order valence-corrected chi connectivity index (χ1v) is 7.39. The summed E-state index contributed by atoms with van der Waals surface area (Å²) in [5, 5.41) is 1.34. The largest absolute Gasteiger partial charge is 1.00 e. The van der Waals surface area contributed by atoms with Crippen LogP contribution in [0.1, 0.15) is 25.0 Å². The predicted molar refractivity (Wildman–Crippen MR) is 70.7 cm³/mol. The van der Waals surface area contributed by atoms with E-state index in [-0.39, 0.29) is 34.5 Å². The maximum atomic E-state index is 11.5. The molecule has 2 aromatic carbocycles. The predicted octanol–water partition coefficient (Wildman–Crippen LogP) is -0.127. The van der Waals surface area contributed by atoms with Crippen LogP contribution in [-0.2, 0) is 23.0 Å². The van der Waals surface area contributed by atoms with Crippen LogP contribution in [0.2, 0.25) is 0 Å². The Bertz CT molecular complexity index is 693. The molecule has 0 aromatic heterocycles. The standard InChI is InChI=1S/C14H16O3S.Na/c1-3-10-9-11-7-5-6-8-13(11)14(12(10)4-2)18(15,16)17;/h5-9H,3-4H2,1-2H3,(H,15,16,17);/q;+1/p-1. The van der Waals surface area contributed by atoms with Crippen molar-refractivity contribution in [3.63, 3.8) is 0 Å². The van der Waals surface area contributed by atoms with E-state index < -0.39 is 10.1 Å². The van der Waals surface area contributed by atoms with Crippen molar-refractivity contribution in [1.29, 1.82) is 0 Å². The van der Waals surface area contributed by atoms with Crippen LogP contribution in [0.3, 0.4) is 0 Å². The summed E-state index contributed by atoms with van der Waals surface area (Å²) in [7, 11) is -4.45. The molecule has 0 aliphatic heterocycles. The quantitative estimate of drug-likeness (QED) is 0.583. The zero-order chi connectivity index (χ0) is 13.3. The minimum atomic E-state index is -4.45. The second kappa shape index (κ2) is 6.37. The van der Waals surface area contributed by atoms with Crippen LogP contribution in [0.15, 0.2) is 35.2 Å². The van der Waals surface area contributed by atoms with E-state index in [4.69, 9.17) is 0 Å². The second-order valence-electron chi connectivity index (χ2n) is 4.23. The molecule has 0 saturated heterocycles. The van der Waals surface area contributed by atoms with E-state index in [9.17, 15) is 13.0 Å². The molecule has 0 spiro atoms. The van der Waals surface area contributed by atoms with Gasteiger partial charge in [-0.3, -0.25) is 0 Å². The smallest absolute Gasteiger partial charge is 0.744 e. The first-order chi connectivity index (χ1) is 8.49. The molecule has 2 rings (SSSR count). The van der Waals surface area contributed by atoms with E-state index in [1.54, 1.807) is 12.1 Å². The van der Waals surface area contributed by atoms with Crippen molar-refractivity contribution < 1.29 is 42.5 Å². The molecular formula is C14H15NaO3S. The fourth-order valence-corrected chi connectivity index (χ4v) is 3.43. The van der Waals surface area contributed by atoms with E-state index in [1.807, 2.05) is 32.0 Å². The van der Waals surface area contributed by atoms with Gasteiger partial charge < -0.3 is 4.55 Å². The van der Waals surface area contributed by atoms with Gasteiger partial charge in [-0.25, -0.2) is 8.42 Å². The third-order valence-corrected chi connectivity index (χ3v) is 4.15. The summed E-state index contributed by atoms with van der Waals surface area (Å²) in [4.78, 5) is -0.0417. The molecule has 0 amide bonds. The van der Waals surface area contributed by atoms with Gasteiger partial charge in [0.05, 0.1) is 4.90 Å². The summed E-state index contributed by atoms with van der Waals surface area (Å²) in [6, 6.07) is 9.10. The average Bonchev–Trinajstić information content (AvgIpc) is 2.34. The van der Waals surface area contributed by atoms with Crippen molar-refractivity contribution in [1.82, 2.24) is 0 Å². The van der Waals surface area contributed by atoms with Crippen LogP contribution in [0.25, 0.3) is 10.8 Å². The Labute approximate surface area is 136 Å². The molecule has 0 aliphatic rings. The molecule has 2 aromatic rings. The summed E-state index contributed by atoms with van der Waals surface area (Å²) in [6.07, 6.45) is 1.27. The Kier molecular flexibility index (Phi) is 5.59. The van der Waals surface area contributed by atoms with Gasteiger partial charge in [0.1, 0.15) is 10.1 Å². The van der Waals surface area contributed by atoms with Gasteiger partial charge in [0.2, 0.25) is 0 Å². The first-order valence-electron chi connectivity index (χ1n) is 5.98. The van der Waals surface area contributed by atoms with E-state index in [2.05, 4.69) is 0 Å². The summed E-state index contributed by atoms with van der Waals surface area (Å²) in [5.41, 5.74) is 1.59. The minimum Gasteiger partial charge on any atom is -0.744 e. The van der Waals surface area contributed by atoms with Crippen molar-refractivity contribution >= 4 is 20.9 Å². The third kappa shape index (κ3) is 3.20. The normalized spacial score (nSPS) is 11.3.